The molecule has 0 spiro atoms. The van der Waals surface area contributed by atoms with E-state index < -0.39 is 6.10 Å². The van der Waals surface area contributed by atoms with Crippen LogP contribution in [-0.2, 0) is 7.05 Å². The van der Waals surface area contributed by atoms with Crippen molar-refractivity contribution in [1.82, 2.24) is 24.8 Å². The predicted octanol–water partition coefficient (Wildman–Crippen LogP) is 3.91. The second kappa shape index (κ2) is 6.60. The summed E-state index contributed by atoms with van der Waals surface area (Å²) in [5.41, 5.74) is 3.72. The third-order valence-electron chi connectivity index (χ3n) is 5.44. The molecule has 0 amide bonds. The smallest absolute Gasteiger partial charge is 0.181 e. The Morgan fingerprint density at radius 3 is 2.76 bits per heavy atom. The summed E-state index contributed by atoms with van der Waals surface area (Å²) in [6.07, 6.45) is 5.26. The molecule has 0 bridgehead atoms. The van der Waals surface area contributed by atoms with E-state index in [1.807, 2.05) is 37.7 Å². The number of thiophene rings is 1. The van der Waals surface area contributed by atoms with Gasteiger partial charge in [0.05, 0.1) is 17.8 Å². The number of nitrogens with zero attached hydrogens (tertiary/aromatic N) is 6. The Balaban J connectivity index is 1.73. The topological polar surface area (TPSA) is 79.4 Å². The number of aryl methyl sites for hydroxylation is 1. The zero-order valence-electron chi connectivity index (χ0n) is 16.7. The summed E-state index contributed by atoms with van der Waals surface area (Å²) < 4.78 is 1.77. The summed E-state index contributed by atoms with van der Waals surface area (Å²) in [7, 11) is 3.89. The van der Waals surface area contributed by atoms with Crippen molar-refractivity contribution >= 4 is 38.8 Å². The van der Waals surface area contributed by atoms with Crippen molar-refractivity contribution in [1.29, 1.82) is 0 Å². The van der Waals surface area contributed by atoms with Crippen molar-refractivity contribution in [2.45, 2.75) is 26.0 Å². The molecule has 0 aromatic carbocycles. The van der Waals surface area contributed by atoms with E-state index in [4.69, 9.17) is 4.98 Å². The monoisotopic (exact) mass is 406 g/mol. The van der Waals surface area contributed by atoms with Crippen LogP contribution in [0.25, 0.3) is 32.5 Å². The molecule has 1 aliphatic heterocycles. The highest BCUT2D eigenvalue weighted by atomic mass is 32.1. The van der Waals surface area contributed by atoms with Gasteiger partial charge in [0.15, 0.2) is 5.65 Å². The Bertz CT molecular complexity index is 1250. The summed E-state index contributed by atoms with van der Waals surface area (Å²) in [6.45, 7) is 3.97. The Morgan fingerprint density at radius 2 is 2.03 bits per heavy atom. The number of rotatable bonds is 3. The lowest BCUT2D eigenvalue weighted by molar-refractivity contribution is 0.203. The number of hydrogen-bond acceptors (Lipinski definition) is 7. The minimum Gasteiger partial charge on any atom is -0.388 e. The lowest BCUT2D eigenvalue weighted by atomic mass is 9.93. The van der Waals surface area contributed by atoms with Gasteiger partial charge in [-0.3, -0.25) is 9.69 Å². The standard InChI is InChI=1S/C21H22N6OS/c1-11-8-23-27(4)19(11)15-6-17(24-21-16(15)7-18(29-21)12(2)28)13-5-14-10-26(3)25-20(14)22-9-13/h5-12,19,28H,1-4H3/t11?,12-,19?/m1/s1. The molecule has 1 aliphatic rings. The van der Waals surface area contributed by atoms with Crippen LogP contribution in [0.1, 0.15) is 36.4 Å². The van der Waals surface area contributed by atoms with Crippen molar-refractivity contribution in [3.8, 4) is 11.3 Å². The van der Waals surface area contributed by atoms with E-state index in [2.05, 4.69) is 40.3 Å². The fraction of sp³-hybridized carbons (Fsp3) is 0.333. The van der Waals surface area contributed by atoms with Gasteiger partial charge in [0, 0.05) is 59.8 Å². The molecular formula is C21H22N6OS. The van der Waals surface area contributed by atoms with Crippen molar-refractivity contribution in [3.63, 3.8) is 0 Å². The van der Waals surface area contributed by atoms with Crippen LogP contribution in [0.15, 0.2) is 35.7 Å². The first kappa shape index (κ1) is 18.2. The van der Waals surface area contributed by atoms with Crippen molar-refractivity contribution in [2.24, 2.45) is 18.1 Å². The molecule has 4 aromatic rings. The SMILES string of the molecule is CC1C=NN(C)C1c1cc(-c2cnc3nn(C)cc3c2)nc2sc([C@@H](C)O)cc12. The first-order valence-electron chi connectivity index (χ1n) is 9.60. The predicted molar refractivity (Wildman–Crippen MR) is 116 cm³/mol. The van der Waals surface area contributed by atoms with Crippen LogP contribution in [0, 0.1) is 5.92 Å². The van der Waals surface area contributed by atoms with Crippen LogP contribution in [-0.4, -0.2) is 43.1 Å². The number of hydrogen-bond donors (Lipinski definition) is 1. The molecule has 0 saturated carbocycles. The van der Waals surface area contributed by atoms with E-state index in [9.17, 15) is 5.11 Å². The molecule has 0 fully saturated rings. The Hall–Kier alpha value is -2.84. The summed E-state index contributed by atoms with van der Waals surface area (Å²) in [5.74, 6) is 0.285. The van der Waals surface area contributed by atoms with Crippen molar-refractivity contribution in [3.05, 3.63) is 41.0 Å². The van der Waals surface area contributed by atoms with Crippen LogP contribution in [0.2, 0.25) is 0 Å². The van der Waals surface area contributed by atoms with E-state index in [0.717, 1.165) is 37.4 Å². The average molecular weight is 407 g/mol. The van der Waals surface area contributed by atoms with Gasteiger partial charge in [0.2, 0.25) is 0 Å². The van der Waals surface area contributed by atoms with E-state index in [1.165, 1.54) is 5.56 Å². The molecule has 0 radical (unpaired) electrons. The van der Waals surface area contributed by atoms with Crippen LogP contribution in [0.5, 0.6) is 0 Å². The van der Waals surface area contributed by atoms with Gasteiger partial charge in [0.25, 0.3) is 0 Å². The van der Waals surface area contributed by atoms with Gasteiger partial charge in [0.1, 0.15) is 4.83 Å². The van der Waals surface area contributed by atoms with Crippen molar-refractivity contribution in [2.75, 3.05) is 7.05 Å². The quantitative estimate of drug-likeness (QED) is 0.558. The van der Waals surface area contributed by atoms with Crippen LogP contribution >= 0.6 is 11.3 Å². The van der Waals surface area contributed by atoms with Gasteiger partial charge in [-0.1, -0.05) is 6.92 Å². The molecule has 5 rings (SSSR count). The summed E-state index contributed by atoms with van der Waals surface area (Å²) in [5, 5.41) is 23.0. The molecule has 0 aliphatic carbocycles. The Labute approximate surface area is 172 Å². The van der Waals surface area contributed by atoms with Crippen molar-refractivity contribution < 1.29 is 5.11 Å². The Kier molecular flexibility index (Phi) is 4.15. The molecule has 3 atom stereocenters. The minimum atomic E-state index is -0.520. The first-order chi connectivity index (χ1) is 13.9. The first-order valence-corrected chi connectivity index (χ1v) is 10.4. The maximum atomic E-state index is 10.1. The summed E-state index contributed by atoms with van der Waals surface area (Å²) in [4.78, 5) is 11.3. The molecule has 2 unspecified atom stereocenters. The largest absolute Gasteiger partial charge is 0.388 e. The molecule has 0 saturated heterocycles. The van der Waals surface area contributed by atoms with Gasteiger partial charge in [-0.25, -0.2) is 9.97 Å². The zero-order valence-corrected chi connectivity index (χ0v) is 17.6. The number of aromatic nitrogens is 4. The molecule has 148 valence electrons. The molecule has 29 heavy (non-hydrogen) atoms. The van der Waals surface area contributed by atoms with E-state index in [1.54, 1.807) is 22.9 Å². The highest BCUT2D eigenvalue weighted by Crippen LogP contribution is 2.40. The Morgan fingerprint density at radius 1 is 1.21 bits per heavy atom. The molecule has 5 heterocycles. The maximum absolute atomic E-state index is 10.1. The van der Waals surface area contributed by atoms with Gasteiger partial charge < -0.3 is 5.11 Å². The molecular weight excluding hydrogens is 384 g/mol. The highest BCUT2D eigenvalue weighted by molar-refractivity contribution is 7.18. The van der Waals surface area contributed by atoms with Gasteiger partial charge >= 0.3 is 0 Å². The maximum Gasteiger partial charge on any atom is 0.181 e. The van der Waals surface area contributed by atoms with Gasteiger partial charge in [-0.2, -0.15) is 10.2 Å². The van der Waals surface area contributed by atoms with Gasteiger partial charge in [-0.05, 0) is 30.7 Å². The fourth-order valence-electron chi connectivity index (χ4n) is 4.02. The second-order valence-corrected chi connectivity index (χ2v) is 8.78. The third-order valence-corrected chi connectivity index (χ3v) is 6.64. The minimum absolute atomic E-state index is 0.130. The fourth-order valence-corrected chi connectivity index (χ4v) is 5.02. The normalized spacial score (nSPS) is 20.2. The lowest BCUT2D eigenvalue weighted by Crippen LogP contribution is -2.19. The molecule has 1 N–H and O–H groups in total. The number of aliphatic hydroxyl groups is 1. The summed E-state index contributed by atoms with van der Waals surface area (Å²) >= 11 is 1.54. The number of pyridine rings is 2. The second-order valence-electron chi connectivity index (χ2n) is 7.72. The molecule has 4 aromatic heterocycles. The van der Waals surface area contributed by atoms with E-state index in [-0.39, 0.29) is 12.0 Å². The number of fused-ring (bicyclic) bond motifs is 2. The van der Waals surface area contributed by atoms with E-state index in [0.29, 0.717) is 0 Å². The zero-order chi connectivity index (χ0) is 20.3. The van der Waals surface area contributed by atoms with E-state index >= 15 is 0 Å². The molecule has 7 nitrogen and oxygen atoms in total. The highest BCUT2D eigenvalue weighted by Gasteiger charge is 2.30. The average Bonchev–Trinajstić information content (AvgIpc) is 3.36. The van der Waals surface area contributed by atoms with Crippen LogP contribution in [0.3, 0.4) is 0 Å². The number of hydrazone groups is 1. The number of aliphatic hydroxyl groups excluding tert-OH is 1. The molecule has 8 heteroatoms. The van der Waals surface area contributed by atoms with Crippen LogP contribution in [0.4, 0.5) is 0 Å². The van der Waals surface area contributed by atoms with Crippen LogP contribution < -0.4 is 0 Å². The third kappa shape index (κ3) is 2.99. The van der Waals surface area contributed by atoms with Gasteiger partial charge in [-0.15, -0.1) is 11.3 Å². The lowest BCUT2D eigenvalue weighted by Gasteiger charge is -2.24. The summed E-state index contributed by atoms with van der Waals surface area (Å²) in [6, 6.07) is 6.42.